The third kappa shape index (κ3) is 1.39. The molecule has 1 nitrogen and oxygen atoms in total. The highest BCUT2D eigenvalue weighted by molar-refractivity contribution is 7.99. The summed E-state index contributed by atoms with van der Waals surface area (Å²) < 4.78 is 0.736. The van der Waals surface area contributed by atoms with E-state index < -0.39 is 5.60 Å². The van der Waals surface area contributed by atoms with Crippen molar-refractivity contribution in [2.45, 2.75) is 12.0 Å². The molecule has 1 aromatic heterocycles. The number of thioether (sulfide) groups is 1. The fraction of sp³-hybridized carbons (Fsp3) is 0.500. The molecule has 1 saturated heterocycles. The standard InChI is InChI=1S/C8H9ClOS2/c9-7-6(1-3-12-7)8(10)2-4-11-5-8/h1,3,10H,2,4-5H2. The molecule has 4 heteroatoms. The van der Waals surface area contributed by atoms with Crippen LogP contribution in [0.15, 0.2) is 11.4 Å². The quantitative estimate of drug-likeness (QED) is 0.786. The third-order valence-electron chi connectivity index (χ3n) is 2.12. The second-order valence-corrected chi connectivity index (χ2v) is 5.57. The lowest BCUT2D eigenvalue weighted by atomic mass is 9.96. The van der Waals surface area contributed by atoms with Crippen molar-refractivity contribution in [2.24, 2.45) is 0 Å². The zero-order valence-corrected chi connectivity index (χ0v) is 8.81. The molecule has 1 unspecified atom stereocenters. The van der Waals surface area contributed by atoms with Gasteiger partial charge in [-0.1, -0.05) is 11.6 Å². The summed E-state index contributed by atoms with van der Waals surface area (Å²) in [5, 5.41) is 12.1. The minimum absolute atomic E-state index is 0.651. The molecule has 0 bridgehead atoms. The first-order chi connectivity index (χ1) is 5.72. The van der Waals surface area contributed by atoms with E-state index in [0.29, 0.717) is 0 Å². The molecule has 0 saturated carbocycles. The second-order valence-electron chi connectivity index (χ2n) is 2.94. The van der Waals surface area contributed by atoms with Crippen LogP contribution in [0.5, 0.6) is 0 Å². The van der Waals surface area contributed by atoms with Crippen LogP contribution in [0.2, 0.25) is 4.34 Å². The summed E-state index contributed by atoms with van der Waals surface area (Å²) in [6.07, 6.45) is 0.828. The van der Waals surface area contributed by atoms with Gasteiger partial charge in [-0.05, 0) is 23.6 Å². The van der Waals surface area contributed by atoms with E-state index >= 15 is 0 Å². The smallest absolute Gasteiger partial charge is 0.102 e. The van der Waals surface area contributed by atoms with Gasteiger partial charge in [0.05, 0.1) is 4.34 Å². The lowest BCUT2D eigenvalue weighted by molar-refractivity contribution is 0.0663. The molecular weight excluding hydrogens is 212 g/mol. The first-order valence-corrected chi connectivity index (χ1v) is 6.17. The van der Waals surface area contributed by atoms with Gasteiger partial charge >= 0.3 is 0 Å². The van der Waals surface area contributed by atoms with Crippen molar-refractivity contribution in [1.29, 1.82) is 0 Å². The van der Waals surface area contributed by atoms with E-state index in [9.17, 15) is 5.11 Å². The summed E-state index contributed by atoms with van der Waals surface area (Å²) >= 11 is 9.23. The SMILES string of the molecule is OC1(c2ccsc2Cl)CCSC1. The van der Waals surface area contributed by atoms with Gasteiger partial charge in [-0.25, -0.2) is 0 Å². The molecule has 1 N–H and O–H groups in total. The topological polar surface area (TPSA) is 20.2 Å². The Morgan fingerprint density at radius 2 is 2.42 bits per heavy atom. The molecule has 1 aliphatic heterocycles. The summed E-state index contributed by atoms with van der Waals surface area (Å²) in [6, 6.07) is 1.93. The Bertz CT molecular complexity index is 278. The third-order valence-corrected chi connectivity index (χ3v) is 4.46. The van der Waals surface area contributed by atoms with Crippen molar-refractivity contribution >= 4 is 34.7 Å². The van der Waals surface area contributed by atoms with Crippen LogP contribution < -0.4 is 0 Å². The normalized spacial score (nSPS) is 29.5. The number of thiophene rings is 1. The second kappa shape index (κ2) is 3.22. The molecule has 1 atom stereocenters. The fourth-order valence-corrected chi connectivity index (χ4v) is 3.76. The van der Waals surface area contributed by atoms with Gasteiger partial charge in [-0.15, -0.1) is 11.3 Å². The van der Waals surface area contributed by atoms with Gasteiger partial charge in [0.25, 0.3) is 0 Å². The van der Waals surface area contributed by atoms with Gasteiger partial charge < -0.3 is 5.11 Å². The van der Waals surface area contributed by atoms with E-state index in [1.54, 1.807) is 11.8 Å². The van der Waals surface area contributed by atoms with Crippen molar-refractivity contribution in [2.75, 3.05) is 11.5 Å². The molecule has 66 valence electrons. The van der Waals surface area contributed by atoms with E-state index in [4.69, 9.17) is 11.6 Å². The van der Waals surface area contributed by atoms with Gasteiger partial charge in [-0.3, -0.25) is 0 Å². The lowest BCUT2D eigenvalue weighted by Crippen LogP contribution is -2.24. The van der Waals surface area contributed by atoms with Crippen molar-refractivity contribution in [3.05, 3.63) is 21.3 Å². The highest BCUT2D eigenvalue weighted by atomic mass is 35.5. The van der Waals surface area contributed by atoms with Crippen LogP contribution in [0.4, 0.5) is 0 Å². The number of aliphatic hydroxyl groups is 1. The van der Waals surface area contributed by atoms with Gasteiger partial charge in [-0.2, -0.15) is 11.8 Å². The monoisotopic (exact) mass is 220 g/mol. The number of hydrogen-bond acceptors (Lipinski definition) is 3. The van der Waals surface area contributed by atoms with Crippen LogP contribution in [-0.4, -0.2) is 16.6 Å². The summed E-state index contributed by atoms with van der Waals surface area (Å²) in [5.74, 6) is 1.81. The van der Waals surface area contributed by atoms with Gasteiger partial charge in [0, 0.05) is 11.3 Å². The van der Waals surface area contributed by atoms with E-state index in [-0.39, 0.29) is 0 Å². The maximum atomic E-state index is 10.1. The number of halogens is 1. The van der Waals surface area contributed by atoms with Gasteiger partial charge in [0.1, 0.15) is 5.60 Å². The minimum Gasteiger partial charge on any atom is -0.384 e. The Morgan fingerprint density at radius 3 is 2.92 bits per heavy atom. The zero-order valence-electron chi connectivity index (χ0n) is 6.42. The van der Waals surface area contributed by atoms with E-state index in [1.165, 1.54) is 11.3 Å². The number of rotatable bonds is 1. The average Bonchev–Trinajstić information content (AvgIpc) is 2.59. The summed E-state index contributed by atoms with van der Waals surface area (Å²) in [4.78, 5) is 0. The minimum atomic E-state index is -0.651. The molecule has 0 radical (unpaired) electrons. The Kier molecular flexibility index (Phi) is 2.38. The molecule has 0 amide bonds. The number of hydrogen-bond donors (Lipinski definition) is 1. The largest absolute Gasteiger partial charge is 0.384 e. The van der Waals surface area contributed by atoms with Crippen molar-refractivity contribution < 1.29 is 5.11 Å². The molecule has 1 fully saturated rings. The van der Waals surface area contributed by atoms with Crippen LogP contribution >= 0.6 is 34.7 Å². The maximum absolute atomic E-state index is 10.1. The predicted molar refractivity (Wildman–Crippen MR) is 55.2 cm³/mol. The molecule has 0 spiro atoms. The Morgan fingerprint density at radius 1 is 1.58 bits per heavy atom. The van der Waals surface area contributed by atoms with Crippen molar-refractivity contribution in [3.8, 4) is 0 Å². The molecule has 1 aromatic rings. The van der Waals surface area contributed by atoms with E-state index in [0.717, 1.165) is 27.8 Å². The van der Waals surface area contributed by atoms with E-state index in [1.807, 2.05) is 11.4 Å². The Labute approximate surface area is 84.7 Å². The highest BCUT2D eigenvalue weighted by Crippen LogP contribution is 2.41. The fourth-order valence-electron chi connectivity index (χ4n) is 1.40. The molecule has 12 heavy (non-hydrogen) atoms. The van der Waals surface area contributed by atoms with Crippen LogP contribution in [0.3, 0.4) is 0 Å². The molecule has 0 aliphatic carbocycles. The first-order valence-electron chi connectivity index (χ1n) is 3.76. The summed E-state index contributed by atoms with van der Waals surface area (Å²) in [6.45, 7) is 0. The summed E-state index contributed by atoms with van der Waals surface area (Å²) in [5.41, 5.74) is 0.265. The van der Waals surface area contributed by atoms with Gasteiger partial charge in [0.15, 0.2) is 0 Å². The van der Waals surface area contributed by atoms with Crippen LogP contribution in [0.1, 0.15) is 12.0 Å². The van der Waals surface area contributed by atoms with Crippen LogP contribution in [0.25, 0.3) is 0 Å². The van der Waals surface area contributed by atoms with Crippen LogP contribution in [0, 0.1) is 0 Å². The van der Waals surface area contributed by atoms with Crippen LogP contribution in [-0.2, 0) is 5.60 Å². The molecule has 0 aromatic carbocycles. The first kappa shape index (κ1) is 8.88. The average molecular weight is 221 g/mol. The predicted octanol–water partition coefficient (Wildman–Crippen LogP) is 2.73. The summed E-state index contributed by atoms with van der Waals surface area (Å²) in [7, 11) is 0. The zero-order chi connectivity index (χ0) is 8.60. The van der Waals surface area contributed by atoms with Gasteiger partial charge in [0.2, 0.25) is 0 Å². The van der Waals surface area contributed by atoms with Crippen molar-refractivity contribution in [3.63, 3.8) is 0 Å². The maximum Gasteiger partial charge on any atom is 0.102 e. The van der Waals surface area contributed by atoms with E-state index in [2.05, 4.69) is 0 Å². The molecular formula is C8H9ClOS2. The molecule has 2 heterocycles. The highest BCUT2D eigenvalue weighted by Gasteiger charge is 2.35. The van der Waals surface area contributed by atoms with Crippen molar-refractivity contribution in [1.82, 2.24) is 0 Å². The lowest BCUT2D eigenvalue weighted by Gasteiger charge is -2.20. The molecule has 1 aliphatic rings. The Hall–Kier alpha value is 0.300. The Balaban J connectivity index is 2.34. The molecule has 2 rings (SSSR count).